The van der Waals surface area contributed by atoms with E-state index in [4.69, 9.17) is 11.6 Å². The van der Waals surface area contributed by atoms with Gasteiger partial charge in [-0.25, -0.2) is 31.1 Å². The number of urea groups is 1. The number of halogens is 3. The minimum absolute atomic E-state index is 0.0148. The minimum Gasteiger partial charge on any atom is -0.465 e. The zero-order valence-corrected chi connectivity index (χ0v) is 35.1. The Labute approximate surface area is 328 Å². The van der Waals surface area contributed by atoms with Crippen LogP contribution >= 0.6 is 11.6 Å². The Bertz CT molecular complexity index is 1730. The highest BCUT2D eigenvalue weighted by Crippen LogP contribution is 2.65. The summed E-state index contributed by atoms with van der Waals surface area (Å²) in [6, 6.07) is -0.725. The van der Waals surface area contributed by atoms with Gasteiger partial charge in [-0.15, -0.1) is 0 Å². The summed E-state index contributed by atoms with van der Waals surface area (Å²) in [5.74, 6) is -3.16. The number of likely N-dealkylation sites (tertiary alicyclic amines) is 1. The summed E-state index contributed by atoms with van der Waals surface area (Å²) < 4.78 is 57.6. The van der Waals surface area contributed by atoms with Crippen LogP contribution in [-0.2, 0) is 35.6 Å². The molecule has 2 unspecified atom stereocenters. The third kappa shape index (κ3) is 11.5. The Kier molecular flexibility index (Phi) is 14.4. The Morgan fingerprint density at radius 3 is 2.16 bits per heavy atom. The van der Waals surface area contributed by atoms with Crippen molar-refractivity contribution in [3.05, 3.63) is 34.3 Å². The quantitative estimate of drug-likeness (QED) is 0.194. The molecule has 310 valence electrons. The number of ether oxygens (including phenoxy) is 1. The zero-order chi connectivity index (χ0) is 42.0. The van der Waals surface area contributed by atoms with Crippen molar-refractivity contribution in [1.82, 2.24) is 30.5 Å². The van der Waals surface area contributed by atoms with E-state index in [2.05, 4.69) is 26.0 Å². The van der Waals surface area contributed by atoms with Crippen LogP contribution in [-0.4, -0.2) is 118 Å². The maximum atomic E-state index is 14.4. The molecule has 0 radical (unpaired) electrons. The maximum absolute atomic E-state index is 14.4. The Hall–Kier alpha value is -3.57. The number of rotatable bonds is 15. The number of amides is 5. The number of benzene rings is 1. The van der Waals surface area contributed by atoms with Gasteiger partial charge in [-0.1, -0.05) is 73.1 Å². The first kappa shape index (κ1) is 45.8. The van der Waals surface area contributed by atoms with Crippen LogP contribution in [0.25, 0.3) is 0 Å². The molecule has 5 amide bonds. The molecule has 1 aliphatic heterocycles. The topological polar surface area (TPSA) is 183 Å². The van der Waals surface area contributed by atoms with Gasteiger partial charge < -0.3 is 30.9 Å². The average molecular weight is 819 g/mol. The highest BCUT2D eigenvalue weighted by atomic mass is 35.5. The first-order valence-electron chi connectivity index (χ1n) is 18.1. The zero-order valence-electron chi connectivity index (χ0n) is 33.5. The van der Waals surface area contributed by atoms with E-state index in [-0.39, 0.29) is 53.9 Å². The number of alkyl halides is 2. The van der Waals surface area contributed by atoms with Crippen molar-refractivity contribution in [2.75, 3.05) is 40.0 Å². The van der Waals surface area contributed by atoms with Gasteiger partial charge in [-0.2, -0.15) is 0 Å². The number of nitrogens with one attached hydrogen (secondary N) is 4. The third-order valence-electron chi connectivity index (χ3n) is 10.7. The summed E-state index contributed by atoms with van der Waals surface area (Å²) in [7, 11) is -0.917. The molecule has 14 nitrogen and oxygen atoms in total. The van der Waals surface area contributed by atoms with E-state index in [1.807, 2.05) is 34.6 Å². The summed E-state index contributed by atoms with van der Waals surface area (Å²) in [6.45, 7) is 14.8. The van der Waals surface area contributed by atoms with Crippen LogP contribution in [0.1, 0.15) is 77.7 Å². The number of carbonyl (C=O) groups is 5. The molecule has 1 saturated heterocycles. The van der Waals surface area contributed by atoms with Gasteiger partial charge in [0, 0.05) is 44.2 Å². The highest BCUT2D eigenvalue weighted by Gasteiger charge is 2.70. The van der Waals surface area contributed by atoms with E-state index in [1.54, 1.807) is 26.8 Å². The van der Waals surface area contributed by atoms with E-state index in [1.165, 1.54) is 31.2 Å². The Balaban J connectivity index is 1.79. The number of esters is 1. The van der Waals surface area contributed by atoms with E-state index in [9.17, 15) is 41.2 Å². The van der Waals surface area contributed by atoms with Crippen molar-refractivity contribution >= 4 is 51.3 Å². The second-order valence-corrected chi connectivity index (χ2v) is 19.8. The highest BCUT2D eigenvalue weighted by molar-refractivity contribution is 7.88. The molecule has 6 atom stereocenters. The monoisotopic (exact) mass is 818 g/mol. The van der Waals surface area contributed by atoms with E-state index >= 15 is 0 Å². The van der Waals surface area contributed by atoms with Gasteiger partial charge in [0.15, 0.2) is 0 Å². The lowest BCUT2D eigenvalue weighted by atomic mass is 9.85. The first-order valence-corrected chi connectivity index (χ1v) is 20.4. The minimum atomic E-state index is -3.55. The molecule has 55 heavy (non-hydrogen) atoms. The molecule has 0 bridgehead atoms. The second-order valence-electron chi connectivity index (χ2n) is 17.3. The van der Waals surface area contributed by atoms with Gasteiger partial charge in [0.2, 0.25) is 34.2 Å². The standard InChI is InChI=1S/C37H57ClF2N6O8S/c1-35(2,3)25(19-45(9)55(11,52)53)43-34(51)44-29(36(4,5)6)32(49)46-18-22-27(37(22,7)8)28(46)31(48)42-24(17-26(39)40)30(47)41-15-14-20-12-13-21(16-23(20)38)33(50)54-10/h12-13,16,22,24-29H,14-15,17-19H2,1-11H3,(H,41,47)(H,42,48)(H2,43,44,51)/t22?,24-,25+,27?,28-,29+/m0/s1. The van der Waals surface area contributed by atoms with Crippen molar-refractivity contribution in [2.24, 2.45) is 28.1 Å². The SMILES string of the molecule is COC(=O)c1ccc(CCNC(=O)[C@H](CC(F)F)NC(=O)[C@@H]2C3C(CN2C(=O)[C@@H](NC(=O)N[C@H](CN(C)S(C)(=O)=O)C(C)(C)C)C(C)(C)C)C3(C)C)c(Cl)c1. The van der Waals surface area contributed by atoms with Crippen molar-refractivity contribution in [3.63, 3.8) is 0 Å². The molecule has 3 rings (SSSR count). The molecule has 0 spiro atoms. The summed E-state index contributed by atoms with van der Waals surface area (Å²) in [6.07, 6.45) is -2.65. The summed E-state index contributed by atoms with van der Waals surface area (Å²) in [4.78, 5) is 68.3. The molecule has 4 N–H and O–H groups in total. The number of nitrogens with zero attached hydrogens (tertiary/aromatic N) is 2. The molecule has 1 aliphatic carbocycles. The van der Waals surface area contributed by atoms with Crippen LogP contribution in [0.3, 0.4) is 0 Å². The van der Waals surface area contributed by atoms with Crippen LogP contribution in [0.2, 0.25) is 5.02 Å². The molecule has 1 aromatic carbocycles. The predicted molar refractivity (Wildman–Crippen MR) is 204 cm³/mol. The summed E-state index contributed by atoms with van der Waals surface area (Å²) in [5, 5.41) is 10.9. The van der Waals surface area contributed by atoms with Gasteiger partial charge in [0.25, 0.3) is 0 Å². The number of hydrogen-bond donors (Lipinski definition) is 4. The summed E-state index contributed by atoms with van der Waals surface area (Å²) >= 11 is 6.29. The van der Waals surface area contributed by atoms with Crippen molar-refractivity contribution in [1.29, 1.82) is 0 Å². The van der Waals surface area contributed by atoms with E-state index < -0.39 is 87.6 Å². The lowest BCUT2D eigenvalue weighted by Gasteiger charge is -2.39. The molecule has 2 aliphatic rings. The van der Waals surface area contributed by atoms with Crippen LogP contribution in [0.5, 0.6) is 0 Å². The molecular formula is C37H57ClF2N6O8S. The molecule has 1 heterocycles. The first-order chi connectivity index (χ1) is 25.1. The predicted octanol–water partition coefficient (Wildman–Crippen LogP) is 3.43. The number of sulfonamides is 1. The largest absolute Gasteiger partial charge is 0.465 e. The van der Waals surface area contributed by atoms with Crippen LogP contribution in [0, 0.1) is 28.1 Å². The molecule has 2 fully saturated rings. The van der Waals surface area contributed by atoms with Gasteiger partial charge in [0.05, 0.1) is 18.9 Å². The van der Waals surface area contributed by atoms with Gasteiger partial charge in [-0.3, -0.25) is 14.4 Å². The number of likely N-dealkylation sites (N-methyl/N-ethyl adjacent to an activating group) is 1. The molecule has 0 aromatic heterocycles. The van der Waals surface area contributed by atoms with E-state index in [0.29, 0.717) is 5.56 Å². The third-order valence-corrected chi connectivity index (χ3v) is 12.4. The molecule has 18 heteroatoms. The van der Waals surface area contributed by atoms with E-state index in [0.717, 1.165) is 10.6 Å². The fourth-order valence-corrected chi connectivity index (χ4v) is 7.69. The number of carbonyl (C=O) groups excluding carboxylic acids is 5. The van der Waals surface area contributed by atoms with Crippen molar-refractivity contribution < 1.29 is 45.9 Å². The number of fused-ring (bicyclic) bond motifs is 1. The van der Waals surface area contributed by atoms with Crippen molar-refractivity contribution in [3.8, 4) is 0 Å². The lowest BCUT2D eigenvalue weighted by Crippen LogP contribution is -2.62. The molecule has 1 saturated carbocycles. The number of piperidine rings is 1. The smallest absolute Gasteiger partial charge is 0.337 e. The molecular weight excluding hydrogens is 762 g/mol. The lowest BCUT2D eigenvalue weighted by molar-refractivity contribution is -0.144. The van der Waals surface area contributed by atoms with Crippen LogP contribution in [0.15, 0.2) is 18.2 Å². The van der Waals surface area contributed by atoms with Crippen molar-refractivity contribution in [2.45, 2.75) is 98.8 Å². The van der Waals surface area contributed by atoms with Gasteiger partial charge >= 0.3 is 12.0 Å². The average Bonchev–Trinajstić information content (AvgIpc) is 3.35. The van der Waals surface area contributed by atoms with Gasteiger partial charge in [0.1, 0.15) is 18.1 Å². The molecule has 1 aromatic rings. The second kappa shape index (κ2) is 17.3. The maximum Gasteiger partial charge on any atom is 0.337 e. The Morgan fingerprint density at radius 1 is 1.04 bits per heavy atom. The fraction of sp³-hybridized carbons (Fsp3) is 0.703. The number of methoxy groups -OCH3 is 1. The van der Waals surface area contributed by atoms with Crippen LogP contribution in [0.4, 0.5) is 13.6 Å². The summed E-state index contributed by atoms with van der Waals surface area (Å²) in [5.41, 5.74) is -0.975. The normalized spacial score (nSPS) is 20.9. The van der Waals surface area contributed by atoms with Crippen LogP contribution < -0.4 is 21.3 Å². The fourth-order valence-electron chi connectivity index (χ4n) is 6.99. The van der Waals surface area contributed by atoms with Gasteiger partial charge in [-0.05, 0) is 52.2 Å². The Morgan fingerprint density at radius 2 is 1.65 bits per heavy atom. The number of hydrogen-bond acceptors (Lipinski definition) is 8.